The smallest absolute Gasteiger partial charge is 0.252 e. The lowest BCUT2D eigenvalue weighted by Crippen LogP contribution is -2.28. The number of sulfonamides is 1. The zero-order valence-electron chi connectivity index (χ0n) is 14.3. The third-order valence-electron chi connectivity index (χ3n) is 3.94. The Morgan fingerprint density at radius 1 is 1.19 bits per heavy atom. The van der Waals surface area contributed by atoms with Gasteiger partial charge in [-0.3, -0.25) is 9.78 Å². The lowest BCUT2D eigenvalue weighted by molar-refractivity contribution is -0.116. The van der Waals surface area contributed by atoms with Crippen LogP contribution in [0.3, 0.4) is 0 Å². The molecule has 1 amide bonds. The molecule has 6 nitrogen and oxygen atoms in total. The van der Waals surface area contributed by atoms with E-state index in [1.807, 2.05) is 24.3 Å². The summed E-state index contributed by atoms with van der Waals surface area (Å²) in [5.74, 6) is -0.162. The Kier molecular flexibility index (Phi) is 5.65. The highest BCUT2D eigenvalue weighted by Gasteiger charge is 2.21. The molecule has 3 rings (SSSR count). The number of benzene rings is 1. The van der Waals surface area contributed by atoms with Gasteiger partial charge in [-0.1, -0.05) is 24.3 Å². The number of nitrogens with one attached hydrogen (secondary N) is 1. The molecule has 0 bridgehead atoms. The van der Waals surface area contributed by atoms with Crippen molar-refractivity contribution in [1.82, 2.24) is 9.29 Å². The standard InChI is InChI=1S/C18H19N3O3S2/c1-21(26(23,24)17-10-5-13-25-17)12-4-9-16(22)20-15-8-2-6-14-7-3-11-19-18(14)15/h2-3,5-8,10-11,13H,4,9,12H2,1H3,(H,20,22). The number of hydrogen-bond donors (Lipinski definition) is 1. The van der Waals surface area contributed by atoms with Crippen LogP contribution in [0.15, 0.2) is 58.3 Å². The minimum absolute atomic E-state index is 0.162. The Morgan fingerprint density at radius 2 is 2.00 bits per heavy atom. The van der Waals surface area contributed by atoms with Gasteiger partial charge in [0.2, 0.25) is 5.91 Å². The van der Waals surface area contributed by atoms with Gasteiger partial charge in [0.1, 0.15) is 4.21 Å². The second kappa shape index (κ2) is 7.94. The molecule has 2 aromatic heterocycles. The van der Waals surface area contributed by atoms with Crippen molar-refractivity contribution in [3.05, 3.63) is 54.0 Å². The number of anilines is 1. The van der Waals surface area contributed by atoms with E-state index >= 15 is 0 Å². The molecule has 0 spiro atoms. The van der Waals surface area contributed by atoms with E-state index in [1.54, 1.807) is 29.8 Å². The SMILES string of the molecule is CN(CCCC(=O)Nc1cccc2cccnc12)S(=O)(=O)c1cccs1. The normalized spacial score (nSPS) is 11.8. The van der Waals surface area contributed by atoms with Crippen molar-refractivity contribution in [2.24, 2.45) is 0 Å². The molecular weight excluding hydrogens is 370 g/mol. The summed E-state index contributed by atoms with van der Waals surface area (Å²) in [6.45, 7) is 0.279. The maximum Gasteiger partial charge on any atom is 0.252 e. The average Bonchev–Trinajstić information content (AvgIpc) is 3.17. The fraction of sp³-hybridized carbons (Fsp3) is 0.222. The van der Waals surface area contributed by atoms with Crippen molar-refractivity contribution < 1.29 is 13.2 Å². The summed E-state index contributed by atoms with van der Waals surface area (Å²) >= 11 is 1.18. The highest BCUT2D eigenvalue weighted by atomic mass is 32.2. The van der Waals surface area contributed by atoms with Crippen molar-refractivity contribution in [2.45, 2.75) is 17.1 Å². The van der Waals surface area contributed by atoms with Crippen LogP contribution in [-0.4, -0.2) is 37.2 Å². The topological polar surface area (TPSA) is 79.4 Å². The zero-order chi connectivity index (χ0) is 18.6. The van der Waals surface area contributed by atoms with Crippen LogP contribution in [0, 0.1) is 0 Å². The van der Waals surface area contributed by atoms with E-state index in [9.17, 15) is 13.2 Å². The van der Waals surface area contributed by atoms with Gasteiger partial charge in [0.15, 0.2) is 0 Å². The second-order valence-corrected chi connectivity index (χ2v) is 9.01. The molecule has 136 valence electrons. The van der Waals surface area contributed by atoms with Gasteiger partial charge in [0.25, 0.3) is 10.0 Å². The third kappa shape index (κ3) is 4.09. The summed E-state index contributed by atoms with van der Waals surface area (Å²) in [4.78, 5) is 16.5. The van der Waals surface area contributed by atoms with Crippen LogP contribution in [0.5, 0.6) is 0 Å². The van der Waals surface area contributed by atoms with Gasteiger partial charge in [-0.15, -0.1) is 11.3 Å². The first-order valence-corrected chi connectivity index (χ1v) is 10.4. The van der Waals surface area contributed by atoms with E-state index in [4.69, 9.17) is 0 Å². The fourth-order valence-corrected chi connectivity index (χ4v) is 4.97. The molecule has 0 unspecified atom stereocenters. The number of aromatic nitrogens is 1. The Balaban J connectivity index is 1.56. The van der Waals surface area contributed by atoms with Gasteiger partial charge in [0, 0.05) is 31.6 Å². The largest absolute Gasteiger partial charge is 0.324 e. The minimum atomic E-state index is -3.47. The summed E-state index contributed by atoms with van der Waals surface area (Å²) in [6, 6.07) is 12.7. The third-order valence-corrected chi connectivity index (χ3v) is 7.17. The first kappa shape index (κ1) is 18.5. The quantitative estimate of drug-likeness (QED) is 0.672. The molecule has 0 fully saturated rings. The molecule has 0 saturated carbocycles. The predicted molar refractivity (Wildman–Crippen MR) is 104 cm³/mol. The van der Waals surface area contributed by atoms with Crippen molar-refractivity contribution in [2.75, 3.05) is 18.9 Å². The highest BCUT2D eigenvalue weighted by Crippen LogP contribution is 2.22. The van der Waals surface area contributed by atoms with Gasteiger partial charge in [0.05, 0.1) is 11.2 Å². The van der Waals surface area contributed by atoms with Gasteiger partial charge in [-0.05, 0) is 30.0 Å². The molecule has 1 aromatic carbocycles. The Hall–Kier alpha value is -2.29. The number of carbonyl (C=O) groups is 1. The number of carbonyl (C=O) groups excluding carboxylic acids is 1. The summed E-state index contributed by atoms with van der Waals surface area (Å²) < 4.78 is 26.3. The van der Waals surface area contributed by atoms with Crippen LogP contribution < -0.4 is 5.32 Å². The van der Waals surface area contributed by atoms with E-state index in [1.165, 1.54) is 22.7 Å². The first-order chi connectivity index (χ1) is 12.5. The monoisotopic (exact) mass is 389 g/mol. The van der Waals surface area contributed by atoms with Crippen LogP contribution in [0.1, 0.15) is 12.8 Å². The van der Waals surface area contributed by atoms with Crippen molar-refractivity contribution in [1.29, 1.82) is 0 Å². The molecule has 0 aliphatic carbocycles. The van der Waals surface area contributed by atoms with Gasteiger partial charge in [-0.2, -0.15) is 0 Å². The van der Waals surface area contributed by atoms with Crippen LogP contribution in [0.25, 0.3) is 10.9 Å². The molecule has 0 saturated heterocycles. The molecule has 0 atom stereocenters. The van der Waals surface area contributed by atoms with Crippen molar-refractivity contribution >= 4 is 43.9 Å². The number of fused-ring (bicyclic) bond motifs is 1. The van der Waals surface area contributed by atoms with E-state index in [2.05, 4.69) is 10.3 Å². The predicted octanol–water partition coefficient (Wildman–Crippen LogP) is 3.34. The van der Waals surface area contributed by atoms with E-state index < -0.39 is 10.0 Å². The Labute approximate surface area is 156 Å². The lowest BCUT2D eigenvalue weighted by Gasteiger charge is -2.15. The van der Waals surface area contributed by atoms with Crippen LogP contribution >= 0.6 is 11.3 Å². The number of para-hydroxylation sites is 1. The molecule has 1 N–H and O–H groups in total. The number of nitrogens with zero attached hydrogens (tertiary/aromatic N) is 2. The summed E-state index contributed by atoms with van der Waals surface area (Å²) in [7, 11) is -1.94. The van der Waals surface area contributed by atoms with E-state index in [0.717, 1.165) is 10.9 Å². The first-order valence-electron chi connectivity index (χ1n) is 8.12. The molecule has 0 radical (unpaired) electrons. The average molecular weight is 390 g/mol. The van der Waals surface area contributed by atoms with Crippen LogP contribution in [0.2, 0.25) is 0 Å². The van der Waals surface area contributed by atoms with E-state index in [-0.39, 0.29) is 18.9 Å². The van der Waals surface area contributed by atoms with Crippen LogP contribution in [0.4, 0.5) is 5.69 Å². The highest BCUT2D eigenvalue weighted by molar-refractivity contribution is 7.91. The fourth-order valence-electron chi connectivity index (χ4n) is 2.56. The Morgan fingerprint density at radius 3 is 2.77 bits per heavy atom. The molecule has 2 heterocycles. The molecule has 0 aliphatic heterocycles. The maximum atomic E-state index is 12.3. The Bertz CT molecular complexity index is 996. The summed E-state index contributed by atoms with van der Waals surface area (Å²) in [5.41, 5.74) is 1.40. The van der Waals surface area contributed by atoms with Crippen LogP contribution in [-0.2, 0) is 14.8 Å². The second-order valence-electron chi connectivity index (χ2n) is 5.79. The molecule has 3 aromatic rings. The maximum absolute atomic E-state index is 12.3. The minimum Gasteiger partial charge on any atom is -0.324 e. The zero-order valence-corrected chi connectivity index (χ0v) is 15.9. The summed E-state index contributed by atoms with van der Waals surface area (Å²) in [6.07, 6.45) is 2.35. The number of amides is 1. The molecule has 0 aliphatic rings. The van der Waals surface area contributed by atoms with Crippen molar-refractivity contribution in [3.63, 3.8) is 0 Å². The number of rotatable bonds is 7. The lowest BCUT2D eigenvalue weighted by atomic mass is 10.2. The molecular formula is C18H19N3O3S2. The van der Waals surface area contributed by atoms with Gasteiger partial charge in [-0.25, -0.2) is 12.7 Å². The van der Waals surface area contributed by atoms with Gasteiger partial charge < -0.3 is 5.32 Å². The summed E-state index contributed by atoms with van der Waals surface area (Å²) in [5, 5.41) is 5.54. The molecule has 26 heavy (non-hydrogen) atoms. The number of thiophene rings is 1. The van der Waals surface area contributed by atoms with Crippen molar-refractivity contribution in [3.8, 4) is 0 Å². The van der Waals surface area contributed by atoms with Gasteiger partial charge >= 0.3 is 0 Å². The number of hydrogen-bond acceptors (Lipinski definition) is 5. The molecule has 8 heteroatoms. The number of pyridine rings is 1. The van der Waals surface area contributed by atoms with E-state index in [0.29, 0.717) is 16.3 Å².